The Bertz CT molecular complexity index is 1650. The van der Waals surface area contributed by atoms with E-state index in [0.29, 0.717) is 42.0 Å². The van der Waals surface area contributed by atoms with Crippen LogP contribution in [0.1, 0.15) is 82.3 Å². The van der Waals surface area contributed by atoms with Crippen LogP contribution in [0.4, 0.5) is 10.1 Å². The highest BCUT2D eigenvalue weighted by molar-refractivity contribution is 7.90. The fourth-order valence-electron chi connectivity index (χ4n) is 8.55. The number of halogens is 3. The van der Waals surface area contributed by atoms with Gasteiger partial charge in [0.25, 0.3) is 0 Å². The number of rotatable bonds is 5. The minimum absolute atomic E-state index is 0.0119. The number of anilines is 1. The van der Waals surface area contributed by atoms with Gasteiger partial charge >= 0.3 is 0 Å². The fourth-order valence-corrected chi connectivity index (χ4v) is 10.2. The van der Waals surface area contributed by atoms with Crippen molar-refractivity contribution in [1.82, 2.24) is 15.6 Å². The Balaban J connectivity index is 1.44. The van der Waals surface area contributed by atoms with Crippen LogP contribution in [-0.2, 0) is 24.8 Å². The van der Waals surface area contributed by atoms with Crippen molar-refractivity contribution in [3.8, 4) is 0 Å². The van der Waals surface area contributed by atoms with Crippen LogP contribution in [0.3, 0.4) is 0 Å². The minimum atomic E-state index is -3.40. The van der Waals surface area contributed by atoms with E-state index in [4.69, 9.17) is 23.2 Å². The molecule has 2 saturated carbocycles. The van der Waals surface area contributed by atoms with E-state index in [1.54, 1.807) is 18.2 Å². The Morgan fingerprint density at radius 2 is 1.78 bits per heavy atom. The lowest BCUT2D eigenvalue weighted by molar-refractivity contribution is -0.125. The molecular weight excluding hydrogens is 642 g/mol. The number of pyridine rings is 1. The van der Waals surface area contributed by atoms with Crippen molar-refractivity contribution in [2.45, 2.75) is 99.8 Å². The normalized spacial score (nSPS) is 32.0. The monoisotopic (exact) mass is 680 g/mol. The molecule has 13 heteroatoms. The van der Waals surface area contributed by atoms with Crippen molar-refractivity contribution in [1.29, 1.82) is 0 Å². The standard InChI is InChI=1S/C32H39Cl2FN4O5S/c1-29(2)11-13-31(14-12-29)32(21-5-4-18(33)16-22(21)38-28(32)41)23(20-8-15-36-26(34)24(20)35)25(39-31)27(40)37-19-6-9-30(42,10-7-19)17-45(3,43)44/h4-5,8,15-16,19,23,25,39,42H,6-7,9-14,17H2,1-3H3,(H,37,40)(H,38,41)/t19?,23-,25+,30?,32+/m0/s1. The molecule has 3 heterocycles. The average molecular weight is 682 g/mol. The van der Waals surface area contributed by atoms with Gasteiger partial charge in [-0.1, -0.05) is 43.1 Å². The summed E-state index contributed by atoms with van der Waals surface area (Å²) in [5.74, 6) is -2.85. The van der Waals surface area contributed by atoms with Gasteiger partial charge in [0.1, 0.15) is 15.3 Å². The molecule has 45 heavy (non-hydrogen) atoms. The third-order valence-corrected chi connectivity index (χ3v) is 12.3. The predicted octanol–water partition coefficient (Wildman–Crippen LogP) is 4.65. The van der Waals surface area contributed by atoms with Crippen LogP contribution in [0.15, 0.2) is 30.5 Å². The Kier molecular flexibility index (Phi) is 8.08. The van der Waals surface area contributed by atoms with E-state index in [2.05, 4.69) is 34.8 Å². The Labute approximate surface area is 273 Å². The lowest BCUT2D eigenvalue weighted by Gasteiger charge is -2.50. The summed E-state index contributed by atoms with van der Waals surface area (Å²) in [6.07, 6.45) is 6.34. The van der Waals surface area contributed by atoms with Gasteiger partial charge in [0.2, 0.25) is 11.8 Å². The summed E-state index contributed by atoms with van der Waals surface area (Å²) in [7, 11) is -3.40. The van der Waals surface area contributed by atoms with Crippen LogP contribution >= 0.6 is 23.2 Å². The van der Waals surface area contributed by atoms with Crippen molar-refractivity contribution in [3.05, 3.63) is 57.6 Å². The zero-order valence-electron chi connectivity index (χ0n) is 25.6. The maximum atomic E-state index is 16.1. The van der Waals surface area contributed by atoms with Gasteiger partial charge in [-0.2, -0.15) is 0 Å². The number of nitrogens with one attached hydrogen (secondary N) is 3. The van der Waals surface area contributed by atoms with E-state index in [9.17, 15) is 23.1 Å². The lowest BCUT2D eigenvalue weighted by atomic mass is 9.53. The van der Waals surface area contributed by atoms with Crippen molar-refractivity contribution < 1.29 is 27.5 Å². The molecule has 1 saturated heterocycles. The summed E-state index contributed by atoms with van der Waals surface area (Å²) >= 11 is 12.6. The van der Waals surface area contributed by atoms with Gasteiger partial charge in [-0.05, 0) is 86.1 Å². The average Bonchev–Trinajstić information content (AvgIpc) is 3.40. The molecule has 9 nitrogen and oxygen atoms in total. The van der Waals surface area contributed by atoms with E-state index >= 15 is 4.39 Å². The van der Waals surface area contributed by atoms with Gasteiger partial charge in [-0.25, -0.2) is 17.8 Å². The molecule has 0 radical (unpaired) electrons. The first-order chi connectivity index (χ1) is 21.0. The van der Waals surface area contributed by atoms with Gasteiger partial charge in [-0.3, -0.25) is 14.9 Å². The summed E-state index contributed by atoms with van der Waals surface area (Å²) in [4.78, 5) is 32.9. The van der Waals surface area contributed by atoms with Gasteiger partial charge < -0.3 is 15.7 Å². The molecule has 1 aromatic carbocycles. The largest absolute Gasteiger partial charge is 0.389 e. The van der Waals surface area contributed by atoms with Crippen molar-refractivity contribution in [3.63, 3.8) is 0 Å². The Morgan fingerprint density at radius 1 is 1.11 bits per heavy atom. The summed E-state index contributed by atoms with van der Waals surface area (Å²) < 4.78 is 39.8. The molecule has 244 valence electrons. The maximum Gasteiger partial charge on any atom is 0.238 e. The van der Waals surface area contributed by atoms with Gasteiger partial charge in [0.15, 0.2) is 11.0 Å². The maximum absolute atomic E-state index is 16.1. The second-order valence-corrected chi connectivity index (χ2v) is 17.3. The Hall–Kier alpha value is -2.31. The number of nitrogens with zero attached hydrogens (tertiary/aromatic N) is 1. The highest BCUT2D eigenvalue weighted by atomic mass is 35.5. The number of carbonyl (C=O) groups excluding carboxylic acids is 2. The van der Waals surface area contributed by atoms with Crippen LogP contribution < -0.4 is 16.0 Å². The number of fused-ring (bicyclic) bond motifs is 3. The van der Waals surface area contributed by atoms with Crippen LogP contribution in [0.5, 0.6) is 0 Å². The van der Waals surface area contributed by atoms with Gasteiger partial charge in [0.05, 0.1) is 17.4 Å². The first-order valence-electron chi connectivity index (χ1n) is 15.4. The lowest BCUT2D eigenvalue weighted by Crippen LogP contribution is -2.61. The SMILES string of the molecule is CC1(C)CCC2(CC1)N[C@@H](C(=O)NC1CCC(O)(CS(C)(=O)=O)CC1)[C@H](c1ccnc(Cl)c1F)[C@]21C(=O)Nc2cc(Cl)ccc21. The molecule has 1 aromatic heterocycles. The number of sulfone groups is 1. The summed E-state index contributed by atoms with van der Waals surface area (Å²) in [5, 5.41) is 20.7. The van der Waals surface area contributed by atoms with E-state index in [-0.39, 0.29) is 46.7 Å². The predicted molar refractivity (Wildman–Crippen MR) is 171 cm³/mol. The fraction of sp³-hybridized carbons (Fsp3) is 0.594. The van der Waals surface area contributed by atoms with Crippen molar-refractivity contribution in [2.75, 3.05) is 17.3 Å². The number of hydrogen-bond acceptors (Lipinski definition) is 7. The third-order valence-electron chi connectivity index (χ3n) is 10.7. The van der Waals surface area contributed by atoms with E-state index < -0.39 is 50.1 Å². The smallest absolute Gasteiger partial charge is 0.238 e. The first kappa shape index (κ1) is 32.6. The number of carbonyl (C=O) groups is 2. The molecule has 2 spiro atoms. The molecule has 0 unspecified atom stereocenters. The molecule has 3 atom stereocenters. The summed E-state index contributed by atoms with van der Waals surface area (Å²) in [5.41, 5.74) is -2.31. The number of amides is 2. The zero-order valence-corrected chi connectivity index (χ0v) is 27.9. The first-order valence-corrected chi connectivity index (χ1v) is 18.2. The van der Waals surface area contributed by atoms with Crippen LogP contribution in [0.25, 0.3) is 0 Å². The molecular formula is C32H39Cl2FN4O5S. The topological polar surface area (TPSA) is 137 Å². The highest BCUT2D eigenvalue weighted by Crippen LogP contribution is 2.64. The Morgan fingerprint density at radius 3 is 2.42 bits per heavy atom. The molecule has 2 aromatic rings. The number of benzene rings is 1. The number of hydrogen-bond donors (Lipinski definition) is 4. The van der Waals surface area contributed by atoms with E-state index in [0.717, 1.165) is 19.1 Å². The highest BCUT2D eigenvalue weighted by Gasteiger charge is 2.73. The van der Waals surface area contributed by atoms with Crippen molar-refractivity contribution in [2.24, 2.45) is 5.41 Å². The van der Waals surface area contributed by atoms with E-state index in [1.165, 1.54) is 12.3 Å². The van der Waals surface area contributed by atoms with Gasteiger partial charge in [-0.15, -0.1) is 0 Å². The molecule has 4 N–H and O–H groups in total. The molecule has 2 aliphatic carbocycles. The minimum Gasteiger partial charge on any atom is -0.389 e. The van der Waals surface area contributed by atoms with E-state index in [1.807, 2.05) is 0 Å². The zero-order chi connectivity index (χ0) is 32.6. The summed E-state index contributed by atoms with van der Waals surface area (Å²) in [6.45, 7) is 4.36. The summed E-state index contributed by atoms with van der Waals surface area (Å²) in [6, 6.07) is 5.33. The second-order valence-electron chi connectivity index (χ2n) is 14.4. The van der Waals surface area contributed by atoms with Crippen LogP contribution in [-0.4, -0.2) is 65.6 Å². The molecule has 0 bridgehead atoms. The molecule has 2 aliphatic heterocycles. The van der Waals surface area contributed by atoms with Crippen LogP contribution in [0.2, 0.25) is 10.2 Å². The second kappa shape index (κ2) is 11.1. The molecule has 2 amide bonds. The quantitative estimate of drug-likeness (QED) is 0.338. The van der Waals surface area contributed by atoms with Gasteiger partial charge in [0, 0.05) is 40.7 Å². The molecule has 4 aliphatic rings. The number of aliphatic hydroxyl groups is 1. The van der Waals surface area contributed by atoms with Crippen molar-refractivity contribution >= 4 is 50.5 Å². The number of aromatic nitrogens is 1. The molecule has 6 rings (SSSR count). The third kappa shape index (κ3) is 5.56. The van der Waals surface area contributed by atoms with Crippen LogP contribution in [0, 0.1) is 11.2 Å². The molecule has 3 fully saturated rings.